The minimum absolute atomic E-state index is 0.0333. The van der Waals surface area contributed by atoms with Gasteiger partial charge in [0.25, 0.3) is 11.6 Å². The van der Waals surface area contributed by atoms with Crippen LogP contribution < -0.4 is 19.7 Å². The van der Waals surface area contributed by atoms with Gasteiger partial charge < -0.3 is 29.2 Å². The van der Waals surface area contributed by atoms with Gasteiger partial charge in [-0.1, -0.05) is 30.3 Å². The summed E-state index contributed by atoms with van der Waals surface area (Å²) in [6, 6.07) is 21.3. The number of benzene rings is 3. The Morgan fingerprint density at radius 1 is 0.933 bits per heavy atom. The smallest absolute Gasteiger partial charge is 0.269 e. The number of nitro groups is 1. The first-order valence-electron chi connectivity index (χ1n) is 14.4. The van der Waals surface area contributed by atoms with Crippen LogP contribution in [-0.2, 0) is 13.1 Å². The summed E-state index contributed by atoms with van der Waals surface area (Å²) in [4.78, 5) is 42.2. The Kier molecular flexibility index (Phi) is 8.40. The highest BCUT2D eigenvalue weighted by Crippen LogP contribution is 2.27. The number of hydrogen-bond donors (Lipinski definition) is 1. The van der Waals surface area contributed by atoms with E-state index in [4.69, 9.17) is 19.4 Å². The van der Waals surface area contributed by atoms with Gasteiger partial charge in [0.15, 0.2) is 17.0 Å². The van der Waals surface area contributed by atoms with E-state index in [0.717, 1.165) is 16.9 Å². The highest BCUT2D eigenvalue weighted by Gasteiger charge is 2.25. The number of non-ortho nitro benzene ring substituents is 1. The second-order valence-electron chi connectivity index (χ2n) is 10.5. The second kappa shape index (κ2) is 12.9. The summed E-state index contributed by atoms with van der Waals surface area (Å²) >= 11 is 0. The average Bonchev–Trinajstić information content (AvgIpc) is 3.49. The van der Waals surface area contributed by atoms with Crippen molar-refractivity contribution in [1.82, 2.24) is 24.4 Å². The van der Waals surface area contributed by atoms with Crippen molar-refractivity contribution in [2.45, 2.75) is 13.1 Å². The molecule has 0 bridgehead atoms. The quantitative estimate of drug-likeness (QED) is 0.179. The molecule has 0 spiro atoms. The van der Waals surface area contributed by atoms with Crippen molar-refractivity contribution in [3.05, 3.63) is 106 Å². The van der Waals surface area contributed by atoms with Crippen molar-refractivity contribution in [2.75, 3.05) is 50.6 Å². The lowest BCUT2D eigenvalue weighted by atomic mass is 10.1. The molecule has 0 radical (unpaired) electrons. The number of amides is 1. The van der Waals surface area contributed by atoms with Gasteiger partial charge in [0.05, 0.1) is 32.0 Å². The molecule has 13 heteroatoms. The number of nitro benzene ring substituents is 1. The maximum Gasteiger partial charge on any atom is 0.269 e. The molecule has 2 aromatic heterocycles. The van der Waals surface area contributed by atoms with E-state index in [-0.39, 0.29) is 11.6 Å². The molecule has 3 heterocycles. The van der Waals surface area contributed by atoms with Gasteiger partial charge in [-0.3, -0.25) is 14.9 Å². The maximum absolute atomic E-state index is 13.2. The van der Waals surface area contributed by atoms with Gasteiger partial charge >= 0.3 is 0 Å². The first kappa shape index (κ1) is 29.4. The molecule has 6 rings (SSSR count). The summed E-state index contributed by atoms with van der Waals surface area (Å²) in [5, 5.41) is 14.5. The monoisotopic (exact) mass is 608 g/mol. The van der Waals surface area contributed by atoms with E-state index in [1.165, 1.54) is 12.1 Å². The van der Waals surface area contributed by atoms with E-state index < -0.39 is 4.92 Å². The number of carbonyl (C=O) groups is 1. The van der Waals surface area contributed by atoms with Gasteiger partial charge in [0.2, 0.25) is 5.95 Å². The number of aromatic nitrogens is 4. The Balaban J connectivity index is 1.26. The first-order chi connectivity index (χ1) is 21.9. The number of rotatable bonds is 10. The van der Waals surface area contributed by atoms with Crippen molar-refractivity contribution in [2.24, 2.45) is 0 Å². The van der Waals surface area contributed by atoms with E-state index >= 15 is 0 Å². The number of imidazole rings is 1. The molecule has 1 saturated heterocycles. The van der Waals surface area contributed by atoms with Crippen LogP contribution >= 0.6 is 0 Å². The number of anilines is 2. The highest BCUT2D eigenvalue weighted by atomic mass is 16.6. The molecule has 5 aromatic rings. The number of para-hydroxylation sites is 1. The zero-order chi connectivity index (χ0) is 31.3. The zero-order valence-corrected chi connectivity index (χ0v) is 24.9. The second-order valence-corrected chi connectivity index (χ2v) is 10.5. The largest absolute Gasteiger partial charge is 0.497 e. The van der Waals surface area contributed by atoms with Crippen LogP contribution in [0.1, 0.15) is 21.5 Å². The fourth-order valence-electron chi connectivity index (χ4n) is 5.29. The summed E-state index contributed by atoms with van der Waals surface area (Å²) in [5.74, 6) is 2.52. The minimum atomic E-state index is -0.417. The van der Waals surface area contributed by atoms with Crippen molar-refractivity contribution in [3.63, 3.8) is 0 Å². The van der Waals surface area contributed by atoms with E-state index in [2.05, 4.69) is 15.2 Å². The predicted octanol–water partition coefficient (Wildman–Crippen LogP) is 4.37. The van der Waals surface area contributed by atoms with E-state index in [0.29, 0.717) is 73.5 Å². The highest BCUT2D eigenvalue weighted by molar-refractivity contribution is 5.94. The van der Waals surface area contributed by atoms with Crippen LogP contribution in [0.3, 0.4) is 0 Å². The average molecular weight is 609 g/mol. The predicted molar refractivity (Wildman–Crippen MR) is 169 cm³/mol. The molecule has 1 aliphatic heterocycles. The third-order valence-corrected chi connectivity index (χ3v) is 7.78. The van der Waals surface area contributed by atoms with Crippen molar-refractivity contribution in [3.8, 4) is 11.5 Å². The number of nitrogens with zero attached hydrogens (tertiary/aromatic N) is 7. The molecule has 1 fully saturated rings. The van der Waals surface area contributed by atoms with Crippen LogP contribution in [0, 0.1) is 10.1 Å². The van der Waals surface area contributed by atoms with Crippen molar-refractivity contribution < 1.29 is 19.2 Å². The molecule has 3 aromatic carbocycles. The van der Waals surface area contributed by atoms with Crippen LogP contribution in [0.15, 0.2) is 79.1 Å². The van der Waals surface area contributed by atoms with Crippen molar-refractivity contribution >= 4 is 34.5 Å². The Hall–Kier alpha value is -5.72. The number of nitrogens with one attached hydrogen (secondary N) is 1. The molecule has 1 N–H and O–H groups in total. The van der Waals surface area contributed by atoms with Crippen LogP contribution in [0.5, 0.6) is 11.5 Å². The maximum atomic E-state index is 13.2. The number of hydrogen-bond acceptors (Lipinski definition) is 10. The van der Waals surface area contributed by atoms with Gasteiger partial charge in [-0.2, -0.15) is 9.97 Å². The molecule has 1 amide bonds. The summed E-state index contributed by atoms with van der Waals surface area (Å²) in [6.07, 6.45) is 1.70. The molecule has 45 heavy (non-hydrogen) atoms. The summed E-state index contributed by atoms with van der Waals surface area (Å²) < 4.78 is 12.6. The fraction of sp³-hybridized carbons (Fsp3) is 0.250. The minimum Gasteiger partial charge on any atom is -0.497 e. The lowest BCUT2D eigenvalue weighted by Gasteiger charge is -2.35. The van der Waals surface area contributed by atoms with Crippen LogP contribution in [-0.4, -0.2) is 75.6 Å². The van der Waals surface area contributed by atoms with Gasteiger partial charge in [-0.15, -0.1) is 0 Å². The van der Waals surface area contributed by atoms with Gasteiger partial charge in [-0.05, 0) is 35.9 Å². The fourth-order valence-corrected chi connectivity index (χ4v) is 5.29. The lowest BCUT2D eigenvalue weighted by Crippen LogP contribution is -2.49. The van der Waals surface area contributed by atoms with Gasteiger partial charge in [0.1, 0.15) is 11.5 Å². The molecular weight excluding hydrogens is 576 g/mol. The molecule has 1 aliphatic rings. The van der Waals surface area contributed by atoms with Crippen molar-refractivity contribution in [1.29, 1.82) is 0 Å². The number of methoxy groups -OCH3 is 2. The third-order valence-electron chi connectivity index (χ3n) is 7.78. The lowest BCUT2D eigenvalue weighted by molar-refractivity contribution is -0.384. The molecule has 0 aliphatic carbocycles. The molecule has 0 atom stereocenters. The van der Waals surface area contributed by atoms with E-state index in [1.807, 2.05) is 33.7 Å². The van der Waals surface area contributed by atoms with Gasteiger partial charge in [0, 0.05) is 56.0 Å². The number of carbonyl (C=O) groups excluding carboxylic acids is 1. The molecule has 13 nitrogen and oxygen atoms in total. The zero-order valence-electron chi connectivity index (χ0n) is 24.9. The summed E-state index contributed by atoms with van der Waals surface area (Å²) in [7, 11) is 3.23. The standard InChI is InChI=1S/C32H32N8O5/c1-44-26-13-9-23(10-14-26)31(41)37-15-17-38(18-16-37)32-35-29(33-19-24-5-3-4-6-27(24)45-2)28-30(36-32)39(21-34-28)20-22-7-11-25(12-8-22)40(42)43/h3-14,21H,15-20H2,1-2H3,(H,33,35,36). The Bertz CT molecular complexity index is 1820. The molecule has 0 saturated carbocycles. The van der Waals surface area contributed by atoms with E-state index in [1.54, 1.807) is 56.9 Å². The summed E-state index contributed by atoms with van der Waals surface area (Å²) in [5.41, 5.74) is 3.70. The molecular formula is C32H32N8O5. The van der Waals surface area contributed by atoms with E-state index in [9.17, 15) is 14.9 Å². The van der Waals surface area contributed by atoms with Crippen LogP contribution in [0.25, 0.3) is 11.2 Å². The Morgan fingerprint density at radius 3 is 2.36 bits per heavy atom. The summed E-state index contributed by atoms with van der Waals surface area (Å²) in [6.45, 7) is 3.00. The number of fused-ring (bicyclic) bond motifs is 1. The Morgan fingerprint density at radius 2 is 1.67 bits per heavy atom. The third kappa shape index (κ3) is 6.32. The number of ether oxygens (including phenoxy) is 2. The SMILES string of the molecule is COc1ccc(C(=O)N2CCN(c3nc(NCc4ccccc4OC)c4ncn(Cc5ccc([N+](=O)[O-])cc5)c4n3)CC2)cc1. The molecule has 0 unspecified atom stereocenters. The van der Waals surface area contributed by atoms with Crippen LogP contribution in [0.2, 0.25) is 0 Å². The topological polar surface area (TPSA) is 141 Å². The van der Waals surface area contributed by atoms with Crippen LogP contribution in [0.4, 0.5) is 17.5 Å². The first-order valence-corrected chi connectivity index (χ1v) is 14.4. The molecule has 230 valence electrons. The number of piperazine rings is 1. The normalized spacial score (nSPS) is 13.1. The van der Waals surface area contributed by atoms with Gasteiger partial charge in [-0.25, -0.2) is 4.98 Å². The Labute approximate surface area is 259 Å².